The Balaban J connectivity index is 2.05. The zero-order chi connectivity index (χ0) is 21.7. The van der Waals surface area contributed by atoms with Crippen LogP contribution in [0.1, 0.15) is 30.5 Å². The molecule has 158 valence electrons. The van der Waals surface area contributed by atoms with Crippen molar-refractivity contribution in [2.24, 2.45) is 0 Å². The summed E-state index contributed by atoms with van der Waals surface area (Å²) in [5.41, 5.74) is 1.41. The highest BCUT2D eigenvalue weighted by Crippen LogP contribution is 2.39. The lowest BCUT2D eigenvalue weighted by atomic mass is 9.95. The van der Waals surface area contributed by atoms with Gasteiger partial charge in [-0.25, -0.2) is 0 Å². The van der Waals surface area contributed by atoms with Crippen molar-refractivity contribution < 1.29 is 24.3 Å². The molecule has 0 aliphatic carbocycles. The standard InChI is InChI=1S/C24H28N2O4/c1-4-16-30-19-12-10-17(11-13-19)21-20(22(27)18-8-6-5-7-9-18)23(28)24(29)26(21)15-14-25(2)3/h5-13,21,27H,4,14-16H2,1-3H3/p+1/b22-20+/t21-/m0/s1. The molecule has 6 nitrogen and oxygen atoms in total. The van der Waals surface area contributed by atoms with E-state index in [2.05, 4.69) is 0 Å². The monoisotopic (exact) mass is 409 g/mol. The maximum Gasteiger partial charge on any atom is 0.295 e. The molecule has 1 heterocycles. The fourth-order valence-electron chi connectivity index (χ4n) is 3.52. The number of aliphatic hydroxyl groups is 1. The molecule has 2 N–H and O–H groups in total. The van der Waals surface area contributed by atoms with Gasteiger partial charge in [-0.1, -0.05) is 49.4 Å². The third kappa shape index (κ3) is 4.54. The second-order valence-corrected chi connectivity index (χ2v) is 7.73. The first-order chi connectivity index (χ1) is 14.4. The van der Waals surface area contributed by atoms with E-state index >= 15 is 0 Å². The molecule has 3 rings (SSSR count). The molecule has 1 fully saturated rings. The van der Waals surface area contributed by atoms with Crippen molar-refractivity contribution in [2.75, 3.05) is 33.8 Å². The number of nitrogens with one attached hydrogen (secondary N) is 1. The van der Waals surface area contributed by atoms with Crippen LogP contribution in [-0.2, 0) is 9.59 Å². The molecule has 0 aromatic heterocycles. The zero-order valence-electron chi connectivity index (χ0n) is 17.7. The summed E-state index contributed by atoms with van der Waals surface area (Å²) in [6.07, 6.45) is 0.909. The lowest BCUT2D eigenvalue weighted by Crippen LogP contribution is -3.06. The summed E-state index contributed by atoms with van der Waals surface area (Å²) < 4.78 is 5.65. The molecule has 2 aromatic rings. The Morgan fingerprint density at radius 3 is 2.33 bits per heavy atom. The van der Waals surface area contributed by atoms with Gasteiger partial charge in [-0.2, -0.15) is 0 Å². The average Bonchev–Trinajstić information content (AvgIpc) is 3.01. The number of amides is 1. The number of Topliss-reactive ketones (excluding diaryl/α,β-unsaturated/α-hetero) is 1. The molecule has 6 heteroatoms. The molecule has 0 radical (unpaired) electrons. The van der Waals surface area contributed by atoms with Crippen LogP contribution in [0.5, 0.6) is 5.75 Å². The largest absolute Gasteiger partial charge is 0.507 e. The summed E-state index contributed by atoms with van der Waals surface area (Å²) in [6, 6.07) is 15.6. The fraction of sp³-hybridized carbons (Fsp3) is 0.333. The number of carbonyl (C=O) groups is 2. The number of hydrogen-bond acceptors (Lipinski definition) is 4. The summed E-state index contributed by atoms with van der Waals surface area (Å²) in [5, 5.41) is 11.0. The van der Waals surface area contributed by atoms with Gasteiger partial charge >= 0.3 is 0 Å². The SMILES string of the molecule is CCCOc1ccc([C@H]2/C(=C(\O)c3ccccc3)C(=O)C(=O)N2CC[NH+](C)C)cc1. The number of ketones is 1. The molecule has 2 aromatic carbocycles. The molecule has 0 bridgehead atoms. The van der Waals surface area contributed by atoms with Gasteiger partial charge in [0.1, 0.15) is 11.5 Å². The first kappa shape index (κ1) is 21.6. The van der Waals surface area contributed by atoms with Crippen LogP contribution in [0.4, 0.5) is 0 Å². The van der Waals surface area contributed by atoms with E-state index in [9.17, 15) is 14.7 Å². The van der Waals surface area contributed by atoms with E-state index in [0.29, 0.717) is 25.3 Å². The highest BCUT2D eigenvalue weighted by Gasteiger charge is 2.46. The smallest absolute Gasteiger partial charge is 0.295 e. The molecule has 1 atom stereocenters. The summed E-state index contributed by atoms with van der Waals surface area (Å²) >= 11 is 0. The van der Waals surface area contributed by atoms with Gasteiger partial charge in [0.25, 0.3) is 11.7 Å². The molecule has 0 spiro atoms. The molecule has 1 aliphatic rings. The number of carbonyl (C=O) groups excluding carboxylic acids is 2. The van der Waals surface area contributed by atoms with Crippen molar-refractivity contribution >= 4 is 17.4 Å². The summed E-state index contributed by atoms with van der Waals surface area (Å²) in [5.74, 6) is -0.644. The van der Waals surface area contributed by atoms with Crippen molar-refractivity contribution in [1.29, 1.82) is 0 Å². The van der Waals surface area contributed by atoms with Crippen LogP contribution in [0.2, 0.25) is 0 Å². The van der Waals surface area contributed by atoms with Crippen LogP contribution in [0.15, 0.2) is 60.2 Å². The number of nitrogens with zero attached hydrogens (tertiary/aromatic N) is 1. The first-order valence-corrected chi connectivity index (χ1v) is 10.3. The van der Waals surface area contributed by atoms with Gasteiger partial charge in [0.2, 0.25) is 0 Å². The Hall–Kier alpha value is -3.12. The molecule has 0 saturated carbocycles. The topological polar surface area (TPSA) is 71.3 Å². The minimum Gasteiger partial charge on any atom is -0.507 e. The molecular formula is C24H29N2O4+. The molecule has 1 saturated heterocycles. The van der Waals surface area contributed by atoms with E-state index in [-0.39, 0.29) is 11.3 Å². The number of aliphatic hydroxyl groups excluding tert-OH is 1. The maximum atomic E-state index is 12.9. The quantitative estimate of drug-likeness (QED) is 0.398. The third-order valence-electron chi connectivity index (χ3n) is 5.11. The molecular weight excluding hydrogens is 380 g/mol. The van der Waals surface area contributed by atoms with Crippen molar-refractivity contribution in [3.05, 3.63) is 71.3 Å². The number of quaternary nitrogens is 1. The predicted octanol–water partition coefficient (Wildman–Crippen LogP) is 2.04. The summed E-state index contributed by atoms with van der Waals surface area (Å²) in [6.45, 7) is 3.76. The average molecular weight is 410 g/mol. The van der Waals surface area contributed by atoms with Crippen molar-refractivity contribution in [1.82, 2.24) is 4.90 Å². The summed E-state index contributed by atoms with van der Waals surface area (Å²) in [4.78, 5) is 28.5. The van der Waals surface area contributed by atoms with E-state index in [1.807, 2.05) is 51.4 Å². The molecule has 1 aliphatic heterocycles. The Bertz CT molecular complexity index is 920. The van der Waals surface area contributed by atoms with Gasteiger partial charge in [-0.05, 0) is 24.1 Å². The lowest BCUT2D eigenvalue weighted by Gasteiger charge is -2.25. The van der Waals surface area contributed by atoms with Crippen LogP contribution in [0.25, 0.3) is 5.76 Å². The first-order valence-electron chi connectivity index (χ1n) is 10.3. The second-order valence-electron chi connectivity index (χ2n) is 7.73. The number of benzene rings is 2. The van der Waals surface area contributed by atoms with E-state index < -0.39 is 17.7 Å². The highest BCUT2D eigenvalue weighted by atomic mass is 16.5. The number of hydrogen-bond donors (Lipinski definition) is 2. The minimum atomic E-state index is -0.651. The van der Waals surface area contributed by atoms with Crippen molar-refractivity contribution in [2.45, 2.75) is 19.4 Å². The Kier molecular flexibility index (Phi) is 6.90. The van der Waals surface area contributed by atoms with E-state index in [4.69, 9.17) is 4.74 Å². The lowest BCUT2D eigenvalue weighted by molar-refractivity contribution is -0.857. The van der Waals surface area contributed by atoms with Crippen molar-refractivity contribution in [3.63, 3.8) is 0 Å². The number of rotatable bonds is 8. The zero-order valence-corrected chi connectivity index (χ0v) is 17.7. The summed E-state index contributed by atoms with van der Waals surface area (Å²) in [7, 11) is 3.99. The Morgan fingerprint density at radius 2 is 1.73 bits per heavy atom. The van der Waals surface area contributed by atoms with E-state index in [0.717, 1.165) is 17.7 Å². The van der Waals surface area contributed by atoms with Crippen LogP contribution in [0.3, 0.4) is 0 Å². The van der Waals surface area contributed by atoms with Gasteiger partial charge in [0, 0.05) is 5.56 Å². The van der Waals surface area contributed by atoms with Gasteiger partial charge < -0.3 is 19.6 Å². The molecule has 0 unspecified atom stereocenters. The van der Waals surface area contributed by atoms with Crippen molar-refractivity contribution in [3.8, 4) is 5.75 Å². The minimum absolute atomic E-state index is 0.127. The number of likely N-dealkylation sites (N-methyl/N-ethyl adjacent to an activating group) is 1. The second kappa shape index (κ2) is 9.59. The third-order valence-corrected chi connectivity index (χ3v) is 5.11. The molecule has 1 amide bonds. The fourth-order valence-corrected chi connectivity index (χ4v) is 3.52. The normalized spacial score (nSPS) is 18.3. The van der Waals surface area contributed by atoms with Crippen LogP contribution in [0, 0.1) is 0 Å². The maximum absolute atomic E-state index is 12.9. The van der Waals surface area contributed by atoms with Crippen LogP contribution in [-0.4, -0.2) is 55.5 Å². The number of ether oxygens (including phenoxy) is 1. The van der Waals surface area contributed by atoms with E-state index in [1.165, 1.54) is 4.90 Å². The van der Waals surface area contributed by atoms with Gasteiger partial charge in [0.05, 0.1) is 45.4 Å². The van der Waals surface area contributed by atoms with Gasteiger partial charge in [0.15, 0.2) is 0 Å². The van der Waals surface area contributed by atoms with Gasteiger partial charge in [-0.3, -0.25) is 9.59 Å². The van der Waals surface area contributed by atoms with E-state index in [1.54, 1.807) is 29.2 Å². The Labute approximate surface area is 177 Å². The number of likely N-dealkylation sites (tertiary alicyclic amines) is 1. The Morgan fingerprint density at radius 1 is 1.07 bits per heavy atom. The van der Waals surface area contributed by atoms with Gasteiger partial charge in [-0.15, -0.1) is 0 Å². The highest BCUT2D eigenvalue weighted by molar-refractivity contribution is 6.46. The van der Waals surface area contributed by atoms with Crippen LogP contribution >= 0.6 is 0 Å². The van der Waals surface area contributed by atoms with Crippen LogP contribution < -0.4 is 9.64 Å². The predicted molar refractivity (Wildman–Crippen MR) is 115 cm³/mol. The molecule has 30 heavy (non-hydrogen) atoms.